The molecule has 0 amide bonds. The van der Waals surface area contributed by atoms with E-state index in [-0.39, 0.29) is 5.76 Å². The number of furan rings is 1. The SMILES string of the molecule is COc1ccc(OC(=O)c2oc3ccc(OC)cc3c2C)cc1. The normalized spacial score (nSPS) is 10.6. The van der Waals surface area contributed by atoms with E-state index < -0.39 is 5.97 Å². The van der Waals surface area contributed by atoms with Crippen LogP contribution in [0.4, 0.5) is 0 Å². The van der Waals surface area contributed by atoms with Crippen molar-refractivity contribution in [1.29, 1.82) is 0 Å². The van der Waals surface area contributed by atoms with E-state index in [2.05, 4.69) is 0 Å². The molecule has 5 heteroatoms. The van der Waals surface area contributed by atoms with E-state index in [1.807, 2.05) is 13.0 Å². The van der Waals surface area contributed by atoms with E-state index in [9.17, 15) is 4.79 Å². The molecule has 0 atom stereocenters. The highest BCUT2D eigenvalue weighted by molar-refractivity contribution is 5.97. The van der Waals surface area contributed by atoms with Crippen molar-refractivity contribution >= 4 is 16.9 Å². The van der Waals surface area contributed by atoms with Gasteiger partial charge in [-0.25, -0.2) is 4.79 Å². The minimum atomic E-state index is -0.539. The summed E-state index contributed by atoms with van der Waals surface area (Å²) in [7, 11) is 3.17. The molecule has 118 valence electrons. The highest BCUT2D eigenvalue weighted by atomic mass is 16.5. The average molecular weight is 312 g/mol. The molecule has 1 aromatic heterocycles. The molecule has 0 aliphatic carbocycles. The summed E-state index contributed by atoms with van der Waals surface area (Å²) < 4.78 is 21.2. The third-order valence-electron chi connectivity index (χ3n) is 3.60. The molecule has 3 rings (SSSR count). The van der Waals surface area contributed by atoms with E-state index in [1.54, 1.807) is 50.6 Å². The van der Waals surface area contributed by atoms with Crippen LogP contribution >= 0.6 is 0 Å². The number of benzene rings is 2. The van der Waals surface area contributed by atoms with Gasteiger partial charge in [0.1, 0.15) is 22.8 Å². The van der Waals surface area contributed by atoms with Crippen LogP contribution in [0.15, 0.2) is 46.9 Å². The summed E-state index contributed by atoms with van der Waals surface area (Å²) in [5.41, 5.74) is 1.34. The molecule has 0 radical (unpaired) electrons. The second-order valence-corrected chi connectivity index (χ2v) is 4.98. The van der Waals surface area contributed by atoms with E-state index in [4.69, 9.17) is 18.6 Å². The molecule has 2 aromatic carbocycles. The molecule has 0 bridgehead atoms. The quantitative estimate of drug-likeness (QED) is 0.539. The van der Waals surface area contributed by atoms with Gasteiger partial charge in [-0.15, -0.1) is 0 Å². The van der Waals surface area contributed by atoms with Crippen molar-refractivity contribution in [2.75, 3.05) is 14.2 Å². The maximum atomic E-state index is 12.3. The van der Waals surface area contributed by atoms with Gasteiger partial charge in [-0.3, -0.25) is 0 Å². The first kappa shape index (κ1) is 15.0. The Kier molecular flexibility index (Phi) is 3.93. The minimum absolute atomic E-state index is 0.184. The van der Waals surface area contributed by atoms with Crippen LogP contribution in [0.5, 0.6) is 17.2 Å². The van der Waals surface area contributed by atoms with Crippen molar-refractivity contribution < 1.29 is 23.4 Å². The van der Waals surface area contributed by atoms with Crippen molar-refractivity contribution in [1.82, 2.24) is 0 Å². The second kappa shape index (κ2) is 6.04. The van der Waals surface area contributed by atoms with E-state index in [0.29, 0.717) is 22.8 Å². The van der Waals surface area contributed by atoms with E-state index >= 15 is 0 Å². The Morgan fingerprint density at radius 3 is 2.17 bits per heavy atom. The summed E-state index contributed by atoms with van der Waals surface area (Å²) in [4.78, 5) is 12.3. The lowest BCUT2D eigenvalue weighted by Gasteiger charge is -2.04. The third kappa shape index (κ3) is 2.85. The van der Waals surface area contributed by atoms with Gasteiger partial charge in [0.25, 0.3) is 0 Å². The number of aryl methyl sites for hydroxylation is 1. The number of hydrogen-bond acceptors (Lipinski definition) is 5. The van der Waals surface area contributed by atoms with Crippen LogP contribution in [0.2, 0.25) is 0 Å². The molecule has 0 N–H and O–H groups in total. The fraction of sp³-hybridized carbons (Fsp3) is 0.167. The van der Waals surface area contributed by atoms with Gasteiger partial charge in [0.05, 0.1) is 14.2 Å². The highest BCUT2D eigenvalue weighted by Crippen LogP contribution is 2.29. The monoisotopic (exact) mass is 312 g/mol. The van der Waals surface area contributed by atoms with Gasteiger partial charge in [0.2, 0.25) is 5.76 Å². The molecule has 5 nitrogen and oxygen atoms in total. The summed E-state index contributed by atoms with van der Waals surface area (Å²) >= 11 is 0. The lowest BCUT2D eigenvalue weighted by atomic mass is 10.1. The molecule has 0 saturated heterocycles. The van der Waals surface area contributed by atoms with Crippen LogP contribution in [0.25, 0.3) is 11.0 Å². The number of hydrogen-bond donors (Lipinski definition) is 0. The first-order chi connectivity index (χ1) is 11.1. The smallest absolute Gasteiger partial charge is 0.379 e. The number of ether oxygens (including phenoxy) is 3. The number of rotatable bonds is 4. The minimum Gasteiger partial charge on any atom is -0.497 e. The first-order valence-corrected chi connectivity index (χ1v) is 7.05. The average Bonchev–Trinajstić information content (AvgIpc) is 2.92. The van der Waals surface area contributed by atoms with E-state index in [1.165, 1.54) is 0 Å². The number of methoxy groups -OCH3 is 2. The van der Waals surface area contributed by atoms with Crippen molar-refractivity contribution in [3.8, 4) is 17.2 Å². The second-order valence-electron chi connectivity index (χ2n) is 4.98. The highest BCUT2D eigenvalue weighted by Gasteiger charge is 2.20. The van der Waals surface area contributed by atoms with Crippen LogP contribution in [0.3, 0.4) is 0 Å². The fourth-order valence-electron chi connectivity index (χ4n) is 2.32. The molecule has 23 heavy (non-hydrogen) atoms. The lowest BCUT2D eigenvalue weighted by molar-refractivity contribution is 0.0702. The van der Waals surface area contributed by atoms with Gasteiger partial charge < -0.3 is 18.6 Å². The Hall–Kier alpha value is -2.95. The zero-order valence-electron chi connectivity index (χ0n) is 13.1. The van der Waals surface area contributed by atoms with Crippen LogP contribution in [-0.2, 0) is 0 Å². The number of fused-ring (bicyclic) bond motifs is 1. The van der Waals surface area contributed by atoms with Crippen LogP contribution in [0.1, 0.15) is 16.1 Å². The van der Waals surface area contributed by atoms with Crippen LogP contribution < -0.4 is 14.2 Å². The van der Waals surface area contributed by atoms with Gasteiger partial charge in [-0.05, 0) is 49.4 Å². The topological polar surface area (TPSA) is 57.9 Å². The Morgan fingerprint density at radius 1 is 0.913 bits per heavy atom. The van der Waals surface area contributed by atoms with Gasteiger partial charge in [0.15, 0.2) is 0 Å². The Balaban J connectivity index is 1.89. The first-order valence-electron chi connectivity index (χ1n) is 7.05. The summed E-state index contributed by atoms with van der Waals surface area (Å²) in [6.45, 7) is 1.82. The Morgan fingerprint density at radius 2 is 1.52 bits per heavy atom. The van der Waals surface area contributed by atoms with Gasteiger partial charge in [-0.2, -0.15) is 0 Å². The molecular weight excluding hydrogens is 296 g/mol. The fourth-order valence-corrected chi connectivity index (χ4v) is 2.32. The molecule has 0 saturated carbocycles. The van der Waals surface area contributed by atoms with Crippen molar-refractivity contribution in [3.63, 3.8) is 0 Å². The summed E-state index contributed by atoms with van der Waals surface area (Å²) in [6, 6.07) is 12.2. The molecule has 0 fully saturated rings. The number of carbonyl (C=O) groups excluding carboxylic acids is 1. The maximum Gasteiger partial charge on any atom is 0.379 e. The van der Waals surface area contributed by atoms with Crippen molar-refractivity contribution in [2.24, 2.45) is 0 Å². The zero-order valence-corrected chi connectivity index (χ0v) is 13.1. The van der Waals surface area contributed by atoms with Crippen molar-refractivity contribution in [3.05, 3.63) is 53.8 Å². The Bertz CT molecular complexity index is 846. The largest absolute Gasteiger partial charge is 0.497 e. The van der Waals surface area contributed by atoms with Gasteiger partial charge in [0, 0.05) is 10.9 Å². The molecule has 0 aliphatic heterocycles. The number of carbonyl (C=O) groups is 1. The summed E-state index contributed by atoms with van der Waals surface area (Å²) in [5, 5.41) is 0.825. The molecular formula is C18H16O5. The van der Waals surface area contributed by atoms with Gasteiger partial charge >= 0.3 is 5.97 Å². The van der Waals surface area contributed by atoms with Crippen LogP contribution in [-0.4, -0.2) is 20.2 Å². The maximum absolute atomic E-state index is 12.3. The summed E-state index contributed by atoms with van der Waals surface area (Å²) in [5.74, 6) is 1.47. The Labute approximate surface area is 133 Å². The molecule has 0 unspecified atom stereocenters. The van der Waals surface area contributed by atoms with Crippen LogP contribution in [0, 0.1) is 6.92 Å². The number of esters is 1. The standard InChI is InChI=1S/C18H16O5/c1-11-15-10-14(21-3)8-9-16(15)23-17(11)18(19)22-13-6-4-12(20-2)5-7-13/h4-10H,1-3H3. The molecule has 3 aromatic rings. The summed E-state index contributed by atoms with van der Waals surface area (Å²) in [6.07, 6.45) is 0. The van der Waals surface area contributed by atoms with Gasteiger partial charge in [-0.1, -0.05) is 0 Å². The van der Waals surface area contributed by atoms with E-state index in [0.717, 1.165) is 10.9 Å². The zero-order chi connectivity index (χ0) is 16.4. The predicted octanol–water partition coefficient (Wildman–Crippen LogP) is 3.98. The lowest BCUT2D eigenvalue weighted by Crippen LogP contribution is -2.08. The molecule has 1 heterocycles. The molecule has 0 spiro atoms. The van der Waals surface area contributed by atoms with Crippen molar-refractivity contribution in [2.45, 2.75) is 6.92 Å². The predicted molar refractivity (Wildman–Crippen MR) is 85.5 cm³/mol. The molecule has 0 aliphatic rings. The third-order valence-corrected chi connectivity index (χ3v) is 3.60.